The molecule has 3 heterocycles. The predicted octanol–water partition coefficient (Wildman–Crippen LogP) is 1.49. The molecule has 2 aliphatic heterocycles. The number of β-lactam (4-membered cyclic amide) rings is 1. The van der Waals surface area contributed by atoms with Gasteiger partial charge < -0.3 is 19.8 Å². The lowest BCUT2D eigenvalue weighted by molar-refractivity contribution is -0.163. The molecule has 10 heteroatoms. The topological polar surface area (TPSA) is 117 Å². The van der Waals surface area contributed by atoms with Crippen molar-refractivity contribution in [3.8, 4) is 0 Å². The van der Waals surface area contributed by atoms with Crippen LogP contribution in [0.2, 0.25) is 0 Å². The minimum Gasteiger partial charge on any atom is -0.477 e. The number of carboxylic acids is 1. The van der Waals surface area contributed by atoms with Crippen LogP contribution in [0.5, 0.6) is 0 Å². The molecule has 2 aliphatic rings. The number of thiazole rings is 1. The molecule has 1 unspecified atom stereocenters. The van der Waals surface area contributed by atoms with E-state index in [0.29, 0.717) is 21.5 Å². The van der Waals surface area contributed by atoms with Crippen LogP contribution in [-0.4, -0.2) is 56.7 Å². The van der Waals surface area contributed by atoms with Gasteiger partial charge in [-0.15, -0.1) is 11.3 Å². The van der Waals surface area contributed by atoms with Gasteiger partial charge in [-0.2, -0.15) is 0 Å². The number of carbonyl (C=O) groups is 3. The van der Waals surface area contributed by atoms with Gasteiger partial charge in [0.1, 0.15) is 5.70 Å². The highest BCUT2D eigenvalue weighted by molar-refractivity contribution is 8.04. The lowest BCUT2D eigenvalue weighted by Crippen LogP contribution is -2.63. The fourth-order valence-corrected chi connectivity index (χ4v) is 5.63. The molecule has 0 aromatic carbocycles. The summed E-state index contributed by atoms with van der Waals surface area (Å²) in [6.07, 6.45) is -0.778. The van der Waals surface area contributed by atoms with Crippen molar-refractivity contribution in [1.29, 1.82) is 0 Å². The number of aliphatic carboxylic acids is 1. The van der Waals surface area contributed by atoms with Crippen molar-refractivity contribution >= 4 is 40.9 Å². The zero-order valence-electron chi connectivity index (χ0n) is 15.0. The maximum atomic E-state index is 12.3. The smallest absolute Gasteiger partial charge is 0.353 e. The van der Waals surface area contributed by atoms with Gasteiger partial charge in [0.25, 0.3) is 0 Å². The number of aliphatic hydroxyl groups excluding tert-OH is 1. The summed E-state index contributed by atoms with van der Waals surface area (Å²) in [6, 6.07) is -0.356. The Morgan fingerprint density at radius 3 is 2.78 bits per heavy atom. The van der Waals surface area contributed by atoms with E-state index in [2.05, 4.69) is 4.98 Å². The van der Waals surface area contributed by atoms with Gasteiger partial charge in [0.2, 0.25) is 5.91 Å². The Hall–Kier alpha value is -1.91. The molecule has 0 radical (unpaired) electrons. The Labute approximate surface area is 164 Å². The monoisotopic (exact) mass is 412 g/mol. The van der Waals surface area contributed by atoms with E-state index < -0.39 is 18.0 Å². The molecular formula is C17H20N2O6S2. The SMILES string of the molecule is CCOC(=O)Cc1csc(SC2=C(C(=O)O)N3C(=O)[C@H](C(C)O)[C@H]3[C@H]2C)n1. The summed E-state index contributed by atoms with van der Waals surface area (Å²) in [5, 5.41) is 21.2. The van der Waals surface area contributed by atoms with Gasteiger partial charge in [0.15, 0.2) is 4.34 Å². The Bertz CT molecular complexity index is 818. The normalized spacial score (nSPS) is 25.3. The highest BCUT2D eigenvalue weighted by Gasteiger charge is 2.60. The van der Waals surface area contributed by atoms with Crippen LogP contribution in [0.15, 0.2) is 20.3 Å². The van der Waals surface area contributed by atoms with Crippen molar-refractivity contribution in [2.75, 3.05) is 6.61 Å². The molecule has 27 heavy (non-hydrogen) atoms. The molecular weight excluding hydrogens is 392 g/mol. The largest absolute Gasteiger partial charge is 0.477 e. The third-order valence-electron chi connectivity index (χ3n) is 4.67. The molecule has 0 bridgehead atoms. The molecule has 2 N–H and O–H groups in total. The van der Waals surface area contributed by atoms with Crippen molar-refractivity contribution in [2.24, 2.45) is 11.8 Å². The Balaban J connectivity index is 1.82. The maximum Gasteiger partial charge on any atom is 0.353 e. The number of carboxylic acid groups (broad SMARTS) is 1. The van der Waals surface area contributed by atoms with E-state index in [1.807, 2.05) is 6.92 Å². The minimum absolute atomic E-state index is 0.0402. The summed E-state index contributed by atoms with van der Waals surface area (Å²) in [4.78, 5) is 41.9. The quantitative estimate of drug-likeness (QED) is 0.511. The minimum atomic E-state index is -1.17. The van der Waals surface area contributed by atoms with Gasteiger partial charge in [0, 0.05) is 16.2 Å². The third-order valence-corrected chi connectivity index (χ3v) is 6.94. The molecule has 1 saturated heterocycles. The van der Waals surface area contributed by atoms with Crippen LogP contribution in [0.1, 0.15) is 26.5 Å². The number of aliphatic hydroxyl groups is 1. The van der Waals surface area contributed by atoms with E-state index in [4.69, 9.17) is 4.74 Å². The van der Waals surface area contributed by atoms with Crippen LogP contribution >= 0.6 is 23.1 Å². The Kier molecular flexibility index (Phi) is 5.59. The first-order valence-electron chi connectivity index (χ1n) is 8.52. The number of fused-ring (bicyclic) bond motifs is 1. The standard InChI is InChI=1S/C17H20N2O6S2/c1-4-25-10(21)5-9-6-26-17(18-9)27-14-7(2)12-11(8(3)20)15(22)19(12)13(14)16(23)24/h6-8,11-12,20H,4-5H2,1-3H3,(H,23,24)/t7-,8?,11-,12-/m1/s1. The molecule has 3 rings (SSSR count). The maximum absolute atomic E-state index is 12.3. The summed E-state index contributed by atoms with van der Waals surface area (Å²) in [7, 11) is 0. The Morgan fingerprint density at radius 1 is 1.48 bits per heavy atom. The molecule has 8 nitrogen and oxygen atoms in total. The first kappa shape index (κ1) is 19.8. The summed E-state index contributed by atoms with van der Waals surface area (Å²) in [5.74, 6) is -2.72. The summed E-state index contributed by atoms with van der Waals surface area (Å²) in [5.41, 5.74) is 0.520. The van der Waals surface area contributed by atoms with Crippen molar-refractivity contribution in [3.05, 3.63) is 21.7 Å². The molecule has 4 atom stereocenters. The molecule has 1 fully saturated rings. The number of nitrogens with zero attached hydrogens (tertiary/aromatic N) is 2. The van der Waals surface area contributed by atoms with Gasteiger partial charge in [-0.05, 0) is 13.8 Å². The number of rotatable bonds is 7. The average molecular weight is 412 g/mol. The Morgan fingerprint density at radius 2 is 2.19 bits per heavy atom. The first-order valence-corrected chi connectivity index (χ1v) is 10.2. The van der Waals surface area contributed by atoms with Crippen LogP contribution in [0.25, 0.3) is 0 Å². The van der Waals surface area contributed by atoms with Crippen LogP contribution < -0.4 is 0 Å². The molecule has 1 aromatic rings. The fourth-order valence-electron chi connectivity index (χ4n) is 3.53. The van der Waals surface area contributed by atoms with Crippen LogP contribution in [0.4, 0.5) is 0 Å². The van der Waals surface area contributed by atoms with Gasteiger partial charge in [-0.1, -0.05) is 18.7 Å². The number of hydrogen-bond donors (Lipinski definition) is 2. The second-order valence-corrected chi connectivity index (χ2v) is 8.61. The van der Waals surface area contributed by atoms with Gasteiger partial charge >= 0.3 is 11.9 Å². The number of thioether (sulfide) groups is 1. The zero-order valence-corrected chi connectivity index (χ0v) is 16.7. The van der Waals surface area contributed by atoms with Gasteiger partial charge in [0.05, 0.1) is 36.8 Å². The summed E-state index contributed by atoms with van der Waals surface area (Å²) in [6.45, 7) is 5.42. The molecule has 0 spiro atoms. The summed E-state index contributed by atoms with van der Waals surface area (Å²) >= 11 is 2.51. The van der Waals surface area contributed by atoms with Crippen molar-refractivity contribution in [1.82, 2.24) is 9.88 Å². The van der Waals surface area contributed by atoms with E-state index in [1.54, 1.807) is 19.2 Å². The van der Waals surface area contributed by atoms with E-state index in [0.717, 1.165) is 0 Å². The number of aromatic nitrogens is 1. The lowest BCUT2D eigenvalue weighted by atomic mass is 9.79. The number of hydrogen-bond acceptors (Lipinski definition) is 8. The van der Waals surface area contributed by atoms with Crippen molar-refractivity contribution in [2.45, 2.75) is 43.7 Å². The lowest BCUT2D eigenvalue weighted by Gasteiger charge is -2.46. The summed E-state index contributed by atoms with van der Waals surface area (Å²) < 4.78 is 5.50. The van der Waals surface area contributed by atoms with Gasteiger partial charge in [-0.3, -0.25) is 9.59 Å². The third kappa shape index (κ3) is 3.48. The number of carbonyl (C=O) groups excluding carboxylic acids is 2. The number of ether oxygens (including phenoxy) is 1. The van der Waals surface area contributed by atoms with Gasteiger partial charge in [-0.25, -0.2) is 9.78 Å². The second kappa shape index (κ2) is 7.61. The second-order valence-electron chi connectivity index (χ2n) is 6.46. The number of esters is 1. The van der Waals surface area contributed by atoms with Crippen molar-refractivity contribution < 1.29 is 29.3 Å². The van der Waals surface area contributed by atoms with Crippen LogP contribution in [-0.2, 0) is 25.5 Å². The van der Waals surface area contributed by atoms with Crippen LogP contribution in [0, 0.1) is 11.8 Å². The van der Waals surface area contributed by atoms with E-state index in [-0.39, 0.29) is 36.0 Å². The number of amides is 1. The molecule has 0 aliphatic carbocycles. The van der Waals surface area contributed by atoms with E-state index in [1.165, 1.54) is 28.0 Å². The first-order chi connectivity index (χ1) is 12.8. The van der Waals surface area contributed by atoms with Crippen molar-refractivity contribution in [3.63, 3.8) is 0 Å². The molecule has 1 amide bonds. The molecule has 0 saturated carbocycles. The van der Waals surface area contributed by atoms with E-state index in [9.17, 15) is 24.6 Å². The average Bonchev–Trinajstić information content (AvgIpc) is 3.10. The highest BCUT2D eigenvalue weighted by atomic mass is 32.2. The fraction of sp³-hybridized carbons (Fsp3) is 0.529. The van der Waals surface area contributed by atoms with Crippen LogP contribution in [0.3, 0.4) is 0 Å². The predicted molar refractivity (Wildman–Crippen MR) is 97.9 cm³/mol. The highest BCUT2D eigenvalue weighted by Crippen LogP contribution is 2.52. The molecule has 146 valence electrons. The zero-order chi connectivity index (χ0) is 19.9. The van der Waals surface area contributed by atoms with E-state index >= 15 is 0 Å². The molecule has 1 aromatic heterocycles.